The van der Waals surface area contributed by atoms with E-state index in [1.165, 1.54) is 0 Å². The zero-order valence-electron chi connectivity index (χ0n) is 7.69. The third-order valence-corrected chi connectivity index (χ3v) is 2.11. The molecule has 14 heavy (non-hydrogen) atoms. The van der Waals surface area contributed by atoms with Gasteiger partial charge in [0.15, 0.2) is 6.29 Å². The standard InChI is InChI=1S/C11H9NO2/c1-7-2-3-8-5-9(6-13)11(14)12-10(8)4-7/h2-6H,1H3,(H,12,14). The topological polar surface area (TPSA) is 50.2 Å². The summed E-state index contributed by atoms with van der Waals surface area (Å²) in [6.45, 7) is 1.95. The zero-order chi connectivity index (χ0) is 10.1. The van der Waals surface area contributed by atoms with Crippen LogP contribution in [0, 0.1) is 6.92 Å². The highest BCUT2D eigenvalue weighted by Crippen LogP contribution is 2.20. The van der Waals surface area contributed by atoms with E-state index < -0.39 is 0 Å². The first-order chi connectivity index (χ1) is 6.70. The Morgan fingerprint density at radius 3 is 2.86 bits per heavy atom. The molecule has 2 rings (SSSR count). The van der Waals surface area contributed by atoms with Crippen LogP contribution in [0.25, 0.3) is 10.9 Å². The Labute approximate surface area is 81.0 Å². The van der Waals surface area contributed by atoms with E-state index in [1.54, 1.807) is 6.07 Å². The minimum Gasteiger partial charge on any atom is -0.493 e. The predicted molar refractivity (Wildman–Crippen MR) is 53.5 cm³/mol. The van der Waals surface area contributed by atoms with Gasteiger partial charge in [-0.15, -0.1) is 0 Å². The Morgan fingerprint density at radius 2 is 2.14 bits per heavy atom. The van der Waals surface area contributed by atoms with E-state index in [0.717, 1.165) is 10.9 Å². The number of carbonyl (C=O) groups is 1. The number of carbonyl (C=O) groups excluding carboxylic acids is 1. The quantitative estimate of drug-likeness (QED) is 0.695. The summed E-state index contributed by atoms with van der Waals surface area (Å²) in [6.07, 6.45) is 0.599. The molecule has 2 aromatic rings. The van der Waals surface area contributed by atoms with E-state index in [0.29, 0.717) is 11.8 Å². The second kappa shape index (κ2) is 3.10. The number of rotatable bonds is 1. The van der Waals surface area contributed by atoms with E-state index in [1.807, 2.05) is 25.1 Å². The van der Waals surface area contributed by atoms with Crippen molar-refractivity contribution in [3.63, 3.8) is 0 Å². The lowest BCUT2D eigenvalue weighted by molar-refractivity contribution is 0.112. The van der Waals surface area contributed by atoms with E-state index in [9.17, 15) is 9.90 Å². The van der Waals surface area contributed by atoms with Crippen molar-refractivity contribution < 1.29 is 9.90 Å². The average Bonchev–Trinajstić information content (AvgIpc) is 2.16. The number of fused-ring (bicyclic) bond motifs is 1. The van der Waals surface area contributed by atoms with Gasteiger partial charge in [0.2, 0.25) is 5.88 Å². The van der Waals surface area contributed by atoms with Crippen LogP contribution < -0.4 is 0 Å². The third-order valence-electron chi connectivity index (χ3n) is 2.11. The van der Waals surface area contributed by atoms with Crippen LogP contribution in [-0.4, -0.2) is 16.4 Å². The monoisotopic (exact) mass is 187 g/mol. The van der Waals surface area contributed by atoms with Gasteiger partial charge in [0, 0.05) is 5.39 Å². The van der Waals surface area contributed by atoms with Gasteiger partial charge in [-0.1, -0.05) is 12.1 Å². The minimum atomic E-state index is -0.210. The molecule has 0 aliphatic carbocycles. The van der Waals surface area contributed by atoms with Gasteiger partial charge < -0.3 is 5.11 Å². The Morgan fingerprint density at radius 1 is 1.36 bits per heavy atom. The lowest BCUT2D eigenvalue weighted by Gasteiger charge is -2.01. The molecule has 0 radical (unpaired) electrons. The van der Waals surface area contributed by atoms with Crippen molar-refractivity contribution in [2.24, 2.45) is 0 Å². The lowest BCUT2D eigenvalue weighted by Crippen LogP contribution is -1.87. The molecule has 1 aromatic carbocycles. The van der Waals surface area contributed by atoms with Gasteiger partial charge in [0.05, 0.1) is 11.1 Å². The van der Waals surface area contributed by atoms with Gasteiger partial charge in [-0.2, -0.15) is 0 Å². The van der Waals surface area contributed by atoms with Crippen LogP contribution in [-0.2, 0) is 0 Å². The molecule has 0 bridgehead atoms. The molecule has 3 heteroatoms. The first-order valence-corrected chi connectivity index (χ1v) is 4.26. The summed E-state index contributed by atoms with van der Waals surface area (Å²) in [6, 6.07) is 7.31. The number of aromatic hydroxyl groups is 1. The maximum absolute atomic E-state index is 10.5. The number of aldehydes is 1. The van der Waals surface area contributed by atoms with Crippen LogP contribution in [0.4, 0.5) is 0 Å². The molecule has 0 atom stereocenters. The first-order valence-electron chi connectivity index (χ1n) is 4.26. The van der Waals surface area contributed by atoms with E-state index in [4.69, 9.17) is 0 Å². The molecular weight excluding hydrogens is 178 g/mol. The molecule has 0 saturated carbocycles. The summed E-state index contributed by atoms with van der Waals surface area (Å²) in [7, 11) is 0. The van der Waals surface area contributed by atoms with Crippen LogP contribution in [0.1, 0.15) is 15.9 Å². The fourth-order valence-electron chi connectivity index (χ4n) is 1.37. The number of aromatic nitrogens is 1. The fraction of sp³-hybridized carbons (Fsp3) is 0.0909. The highest BCUT2D eigenvalue weighted by atomic mass is 16.3. The van der Waals surface area contributed by atoms with Gasteiger partial charge in [-0.25, -0.2) is 4.98 Å². The van der Waals surface area contributed by atoms with E-state index >= 15 is 0 Å². The van der Waals surface area contributed by atoms with Crippen molar-refractivity contribution >= 4 is 17.2 Å². The molecule has 3 nitrogen and oxygen atoms in total. The number of pyridine rings is 1. The van der Waals surface area contributed by atoms with E-state index in [-0.39, 0.29) is 11.4 Å². The summed E-state index contributed by atoms with van der Waals surface area (Å²) >= 11 is 0. The summed E-state index contributed by atoms with van der Waals surface area (Å²) in [4.78, 5) is 14.5. The molecular formula is C11H9NO2. The van der Waals surface area contributed by atoms with Crippen molar-refractivity contribution in [3.8, 4) is 5.88 Å². The Balaban J connectivity index is 2.79. The molecule has 1 N–H and O–H groups in total. The molecule has 0 aliphatic heterocycles. The third kappa shape index (κ3) is 1.33. The van der Waals surface area contributed by atoms with Gasteiger partial charge in [-0.05, 0) is 24.6 Å². The first kappa shape index (κ1) is 8.69. The van der Waals surface area contributed by atoms with Crippen molar-refractivity contribution in [1.29, 1.82) is 0 Å². The summed E-state index contributed by atoms with van der Waals surface area (Å²) in [5.41, 5.74) is 2.00. The molecule has 0 fully saturated rings. The van der Waals surface area contributed by atoms with Crippen molar-refractivity contribution in [3.05, 3.63) is 35.4 Å². The predicted octanol–water partition coefficient (Wildman–Crippen LogP) is 2.06. The summed E-state index contributed by atoms with van der Waals surface area (Å²) < 4.78 is 0. The second-order valence-electron chi connectivity index (χ2n) is 3.22. The normalized spacial score (nSPS) is 10.4. The molecule has 1 aromatic heterocycles. The highest BCUT2D eigenvalue weighted by Gasteiger charge is 2.04. The van der Waals surface area contributed by atoms with Crippen molar-refractivity contribution in [2.75, 3.05) is 0 Å². The maximum atomic E-state index is 10.5. The van der Waals surface area contributed by atoms with Crippen LogP contribution >= 0.6 is 0 Å². The Kier molecular flexibility index (Phi) is 1.93. The number of aryl methyl sites for hydroxylation is 1. The molecule has 1 heterocycles. The van der Waals surface area contributed by atoms with Crippen molar-refractivity contribution in [2.45, 2.75) is 6.92 Å². The van der Waals surface area contributed by atoms with Crippen LogP contribution in [0.3, 0.4) is 0 Å². The summed E-state index contributed by atoms with van der Waals surface area (Å²) in [5.74, 6) is -0.210. The van der Waals surface area contributed by atoms with Crippen molar-refractivity contribution in [1.82, 2.24) is 4.98 Å². The number of hydrogen-bond acceptors (Lipinski definition) is 3. The number of benzene rings is 1. The molecule has 0 spiro atoms. The molecule has 0 saturated heterocycles. The minimum absolute atomic E-state index is 0.210. The van der Waals surface area contributed by atoms with Crippen LogP contribution in [0.15, 0.2) is 24.3 Å². The van der Waals surface area contributed by atoms with Gasteiger partial charge in [0.25, 0.3) is 0 Å². The molecule has 0 aliphatic rings. The second-order valence-corrected chi connectivity index (χ2v) is 3.22. The number of nitrogens with zero attached hydrogens (tertiary/aromatic N) is 1. The Bertz CT molecular complexity index is 506. The lowest BCUT2D eigenvalue weighted by atomic mass is 10.1. The van der Waals surface area contributed by atoms with Gasteiger partial charge >= 0.3 is 0 Å². The number of hydrogen-bond donors (Lipinski definition) is 1. The van der Waals surface area contributed by atoms with Crippen LogP contribution in [0.2, 0.25) is 0 Å². The Hall–Kier alpha value is -1.90. The average molecular weight is 187 g/mol. The van der Waals surface area contributed by atoms with E-state index in [2.05, 4.69) is 4.98 Å². The molecule has 0 amide bonds. The largest absolute Gasteiger partial charge is 0.493 e. The van der Waals surface area contributed by atoms with Crippen LogP contribution in [0.5, 0.6) is 5.88 Å². The SMILES string of the molecule is Cc1ccc2cc(C=O)c(O)nc2c1. The van der Waals surface area contributed by atoms with Gasteiger partial charge in [-0.3, -0.25) is 4.79 Å². The maximum Gasteiger partial charge on any atom is 0.222 e. The molecule has 70 valence electrons. The summed E-state index contributed by atoms with van der Waals surface area (Å²) in [5, 5.41) is 10.2. The highest BCUT2D eigenvalue weighted by molar-refractivity contribution is 5.88. The fourth-order valence-corrected chi connectivity index (χ4v) is 1.37. The molecule has 0 unspecified atom stereocenters. The zero-order valence-corrected chi connectivity index (χ0v) is 7.69. The smallest absolute Gasteiger partial charge is 0.222 e. The van der Waals surface area contributed by atoms with Gasteiger partial charge in [0.1, 0.15) is 0 Å².